The van der Waals surface area contributed by atoms with Crippen molar-refractivity contribution in [2.24, 2.45) is 0 Å². The molecule has 146 valence electrons. The number of hydrogen-bond acceptors (Lipinski definition) is 4. The SMILES string of the molecule is CCCN1C(=O)C(CC(=O)C=N)OC(c2ccccc2Cl)c2cc(Cl)ccc21. The third-order valence-corrected chi connectivity index (χ3v) is 5.17. The maximum atomic E-state index is 13.2. The van der Waals surface area contributed by atoms with Gasteiger partial charge in [0.05, 0.1) is 6.21 Å². The summed E-state index contributed by atoms with van der Waals surface area (Å²) in [5.41, 5.74) is 2.09. The third-order valence-electron chi connectivity index (χ3n) is 4.59. The van der Waals surface area contributed by atoms with Crippen molar-refractivity contribution >= 4 is 46.8 Å². The van der Waals surface area contributed by atoms with Crippen molar-refractivity contribution in [1.29, 1.82) is 5.41 Å². The Morgan fingerprint density at radius 3 is 2.64 bits per heavy atom. The van der Waals surface area contributed by atoms with E-state index in [1.54, 1.807) is 29.2 Å². The van der Waals surface area contributed by atoms with Gasteiger partial charge in [0.1, 0.15) is 12.2 Å². The zero-order valence-electron chi connectivity index (χ0n) is 15.3. The number of anilines is 1. The fourth-order valence-corrected chi connectivity index (χ4v) is 3.74. The van der Waals surface area contributed by atoms with E-state index in [0.29, 0.717) is 39.6 Å². The molecule has 1 amide bonds. The lowest BCUT2D eigenvalue weighted by atomic mass is 9.99. The molecule has 0 saturated heterocycles. The number of carbonyl (C=O) groups is 2. The molecule has 1 aliphatic heterocycles. The van der Waals surface area contributed by atoms with Crippen molar-refractivity contribution < 1.29 is 14.3 Å². The quantitative estimate of drug-likeness (QED) is 0.682. The number of nitrogens with zero attached hydrogens (tertiary/aromatic N) is 1. The number of fused-ring (bicyclic) bond motifs is 1. The Balaban J connectivity index is 2.19. The summed E-state index contributed by atoms with van der Waals surface area (Å²) in [5, 5.41) is 8.20. The number of hydrogen-bond donors (Lipinski definition) is 1. The van der Waals surface area contributed by atoms with E-state index in [2.05, 4.69) is 0 Å². The van der Waals surface area contributed by atoms with Crippen molar-refractivity contribution in [3.63, 3.8) is 0 Å². The smallest absolute Gasteiger partial charge is 0.256 e. The van der Waals surface area contributed by atoms with E-state index in [9.17, 15) is 9.59 Å². The van der Waals surface area contributed by atoms with Crippen LogP contribution >= 0.6 is 23.2 Å². The first-order chi connectivity index (χ1) is 13.5. The molecule has 0 spiro atoms. The summed E-state index contributed by atoms with van der Waals surface area (Å²) in [7, 11) is 0. The first kappa shape index (κ1) is 20.5. The lowest BCUT2D eigenvalue weighted by Gasteiger charge is -2.24. The highest BCUT2D eigenvalue weighted by atomic mass is 35.5. The van der Waals surface area contributed by atoms with Crippen LogP contribution in [0.2, 0.25) is 10.0 Å². The largest absolute Gasteiger partial charge is 0.355 e. The van der Waals surface area contributed by atoms with Gasteiger partial charge in [-0.1, -0.05) is 48.3 Å². The lowest BCUT2D eigenvalue weighted by Crippen LogP contribution is -2.41. The molecule has 0 radical (unpaired) electrons. The second-order valence-electron chi connectivity index (χ2n) is 6.53. The number of ketones is 1. The van der Waals surface area contributed by atoms with E-state index in [1.165, 1.54) is 0 Å². The maximum Gasteiger partial charge on any atom is 0.256 e. The zero-order chi connectivity index (χ0) is 20.3. The fourth-order valence-electron chi connectivity index (χ4n) is 3.33. The third kappa shape index (κ3) is 4.12. The second-order valence-corrected chi connectivity index (χ2v) is 7.38. The molecule has 1 aliphatic rings. The number of benzene rings is 2. The number of rotatable bonds is 6. The number of Topliss-reactive ketones (excluding diaryl/α,β-unsaturated/α-hetero) is 1. The summed E-state index contributed by atoms with van der Waals surface area (Å²) in [5.74, 6) is -0.785. The molecule has 5 nitrogen and oxygen atoms in total. The Labute approximate surface area is 173 Å². The molecule has 2 aromatic rings. The number of halogens is 2. The summed E-state index contributed by atoms with van der Waals surface area (Å²) < 4.78 is 6.16. The van der Waals surface area contributed by atoms with Crippen LogP contribution in [0.5, 0.6) is 0 Å². The van der Waals surface area contributed by atoms with Crippen molar-refractivity contribution in [2.45, 2.75) is 32.0 Å². The molecule has 2 aromatic carbocycles. The lowest BCUT2D eigenvalue weighted by molar-refractivity contribution is -0.135. The van der Waals surface area contributed by atoms with E-state index in [4.69, 9.17) is 33.3 Å². The summed E-state index contributed by atoms with van der Waals surface area (Å²) in [6.45, 7) is 2.44. The van der Waals surface area contributed by atoms with Crippen molar-refractivity contribution in [1.82, 2.24) is 0 Å². The molecule has 0 aromatic heterocycles. The number of amides is 1. The van der Waals surface area contributed by atoms with Gasteiger partial charge < -0.3 is 15.0 Å². The summed E-state index contributed by atoms with van der Waals surface area (Å²) in [6, 6.07) is 12.5. The van der Waals surface area contributed by atoms with Gasteiger partial charge in [0, 0.05) is 39.8 Å². The van der Waals surface area contributed by atoms with Gasteiger partial charge >= 0.3 is 0 Å². The first-order valence-corrected chi connectivity index (χ1v) is 9.75. The first-order valence-electron chi connectivity index (χ1n) is 9.00. The van der Waals surface area contributed by atoms with Crippen LogP contribution in [-0.4, -0.2) is 30.6 Å². The standard InChI is InChI=1S/C21H20Cl2N2O3/c1-2-9-25-18-8-7-13(22)10-16(18)20(15-5-3-4-6-17(15)23)28-19(21(25)27)11-14(26)12-24/h3-8,10,12,19-20,24H,2,9,11H2,1H3. The Bertz CT molecular complexity index is 916. The number of carbonyl (C=O) groups excluding carboxylic acids is 2. The molecule has 7 heteroatoms. The van der Waals surface area contributed by atoms with Crippen molar-refractivity contribution in [2.75, 3.05) is 11.4 Å². The average Bonchev–Trinajstić information content (AvgIpc) is 2.79. The van der Waals surface area contributed by atoms with Gasteiger partial charge in [0.2, 0.25) is 0 Å². The van der Waals surface area contributed by atoms with Crippen LogP contribution in [0.1, 0.15) is 37.0 Å². The fraction of sp³-hybridized carbons (Fsp3) is 0.286. The average molecular weight is 419 g/mol. The molecule has 0 bridgehead atoms. The van der Waals surface area contributed by atoms with Crippen LogP contribution < -0.4 is 4.90 Å². The molecular formula is C21H20Cl2N2O3. The molecule has 0 aliphatic carbocycles. The molecule has 28 heavy (non-hydrogen) atoms. The van der Waals surface area contributed by atoms with E-state index in [0.717, 1.165) is 6.42 Å². The molecule has 1 heterocycles. The van der Waals surface area contributed by atoms with Crippen molar-refractivity contribution in [3.8, 4) is 0 Å². The van der Waals surface area contributed by atoms with Crippen LogP contribution in [0.4, 0.5) is 5.69 Å². The van der Waals surface area contributed by atoms with Gasteiger partial charge in [0.15, 0.2) is 5.78 Å². The van der Waals surface area contributed by atoms with Gasteiger partial charge in [-0.25, -0.2) is 0 Å². The number of nitrogens with one attached hydrogen (secondary N) is 1. The molecule has 0 fully saturated rings. The van der Waals surface area contributed by atoms with Crippen molar-refractivity contribution in [3.05, 3.63) is 63.6 Å². The number of ether oxygens (including phenoxy) is 1. The Morgan fingerprint density at radius 1 is 1.21 bits per heavy atom. The van der Waals surface area contributed by atoms with E-state index in [-0.39, 0.29) is 12.3 Å². The molecule has 2 atom stereocenters. The van der Waals surface area contributed by atoms with E-state index >= 15 is 0 Å². The predicted molar refractivity (Wildman–Crippen MR) is 111 cm³/mol. The maximum absolute atomic E-state index is 13.2. The second kappa shape index (κ2) is 8.86. The Kier molecular flexibility index (Phi) is 6.50. The summed E-state index contributed by atoms with van der Waals surface area (Å²) in [6.07, 6.45) is -0.453. The summed E-state index contributed by atoms with van der Waals surface area (Å²) in [4.78, 5) is 26.7. The highest BCUT2D eigenvalue weighted by Gasteiger charge is 2.37. The molecule has 3 rings (SSSR count). The zero-order valence-corrected chi connectivity index (χ0v) is 16.8. The van der Waals surface area contributed by atoms with E-state index < -0.39 is 18.0 Å². The van der Waals surface area contributed by atoms with Crippen LogP contribution in [-0.2, 0) is 14.3 Å². The normalized spacial score (nSPS) is 19.1. The molecule has 2 unspecified atom stereocenters. The van der Waals surface area contributed by atoms with Gasteiger partial charge in [-0.3, -0.25) is 9.59 Å². The van der Waals surface area contributed by atoms with Crippen LogP contribution in [0, 0.1) is 5.41 Å². The minimum atomic E-state index is -1.02. The Morgan fingerprint density at radius 2 is 1.96 bits per heavy atom. The van der Waals surface area contributed by atoms with E-state index in [1.807, 2.05) is 25.1 Å². The van der Waals surface area contributed by atoms with Gasteiger partial charge in [-0.15, -0.1) is 0 Å². The Hall–Kier alpha value is -2.21. The minimum absolute atomic E-state index is 0.203. The van der Waals surface area contributed by atoms with Crippen LogP contribution in [0.15, 0.2) is 42.5 Å². The molecule has 1 N–H and O–H groups in total. The predicted octanol–water partition coefficient (Wildman–Crippen LogP) is 4.83. The molecule has 0 saturated carbocycles. The van der Waals surface area contributed by atoms with Gasteiger partial charge in [-0.2, -0.15) is 0 Å². The molecular weight excluding hydrogens is 399 g/mol. The highest BCUT2D eigenvalue weighted by Crippen LogP contribution is 2.41. The van der Waals surface area contributed by atoms with Crippen LogP contribution in [0.3, 0.4) is 0 Å². The topological polar surface area (TPSA) is 70.5 Å². The monoisotopic (exact) mass is 418 g/mol. The highest BCUT2D eigenvalue weighted by molar-refractivity contribution is 6.31. The minimum Gasteiger partial charge on any atom is -0.355 e. The summed E-state index contributed by atoms with van der Waals surface area (Å²) >= 11 is 12.7. The van der Waals surface area contributed by atoms with Crippen LogP contribution in [0.25, 0.3) is 0 Å². The van der Waals surface area contributed by atoms with Gasteiger partial charge in [0.25, 0.3) is 5.91 Å². The van der Waals surface area contributed by atoms with Gasteiger partial charge in [-0.05, 0) is 30.7 Å².